The van der Waals surface area contributed by atoms with Crippen LogP contribution < -0.4 is 11.1 Å². The van der Waals surface area contributed by atoms with Gasteiger partial charge in [-0.15, -0.1) is 0 Å². The Kier molecular flexibility index (Phi) is 3.99. The zero-order valence-corrected chi connectivity index (χ0v) is 9.85. The Morgan fingerprint density at radius 2 is 2.00 bits per heavy atom. The minimum Gasteiger partial charge on any atom is -0.330 e. The third-order valence-electron chi connectivity index (χ3n) is 2.87. The van der Waals surface area contributed by atoms with E-state index in [1.165, 1.54) is 6.07 Å². The summed E-state index contributed by atoms with van der Waals surface area (Å²) in [5, 5.41) is 2.99. The minimum absolute atomic E-state index is 0.312. The van der Waals surface area contributed by atoms with Crippen molar-refractivity contribution in [1.29, 1.82) is 0 Å². The van der Waals surface area contributed by atoms with Crippen LogP contribution in [0.1, 0.15) is 25.5 Å². The van der Waals surface area contributed by atoms with Gasteiger partial charge in [-0.2, -0.15) is 0 Å². The molecule has 0 aliphatic rings. The van der Waals surface area contributed by atoms with Gasteiger partial charge in [-0.05, 0) is 37.2 Å². The molecular formula is C12H18F2N2. The normalized spacial score (nSPS) is 13.9. The SMILES string of the molecule is CNC(c1cc(F)ccc1F)C(C)(C)CN. The second kappa shape index (κ2) is 4.89. The van der Waals surface area contributed by atoms with Crippen LogP contribution in [0.15, 0.2) is 18.2 Å². The maximum Gasteiger partial charge on any atom is 0.128 e. The Balaban J connectivity index is 3.18. The molecule has 0 aromatic heterocycles. The summed E-state index contributed by atoms with van der Waals surface area (Å²) in [7, 11) is 1.71. The van der Waals surface area contributed by atoms with Gasteiger partial charge in [0, 0.05) is 11.6 Å². The van der Waals surface area contributed by atoms with Gasteiger partial charge in [-0.3, -0.25) is 0 Å². The minimum atomic E-state index is -0.440. The van der Waals surface area contributed by atoms with E-state index in [0.717, 1.165) is 12.1 Å². The van der Waals surface area contributed by atoms with Crippen LogP contribution >= 0.6 is 0 Å². The quantitative estimate of drug-likeness (QED) is 0.829. The van der Waals surface area contributed by atoms with Crippen LogP contribution in [0, 0.1) is 17.0 Å². The summed E-state index contributed by atoms with van der Waals surface area (Å²) in [4.78, 5) is 0. The van der Waals surface area contributed by atoms with Crippen molar-refractivity contribution in [3.8, 4) is 0 Å². The third kappa shape index (κ3) is 2.57. The van der Waals surface area contributed by atoms with E-state index in [9.17, 15) is 8.78 Å². The topological polar surface area (TPSA) is 38.0 Å². The molecule has 16 heavy (non-hydrogen) atoms. The third-order valence-corrected chi connectivity index (χ3v) is 2.87. The van der Waals surface area contributed by atoms with Crippen LogP contribution in [-0.2, 0) is 0 Å². The molecule has 0 saturated carbocycles. The van der Waals surface area contributed by atoms with E-state index in [-0.39, 0.29) is 11.5 Å². The predicted molar refractivity (Wildman–Crippen MR) is 61.0 cm³/mol. The van der Waals surface area contributed by atoms with Crippen molar-refractivity contribution < 1.29 is 8.78 Å². The molecule has 0 fully saturated rings. The number of rotatable bonds is 4. The smallest absolute Gasteiger partial charge is 0.128 e. The van der Waals surface area contributed by atoms with Crippen LogP contribution in [-0.4, -0.2) is 13.6 Å². The summed E-state index contributed by atoms with van der Waals surface area (Å²) in [6, 6.07) is 3.16. The van der Waals surface area contributed by atoms with Gasteiger partial charge >= 0.3 is 0 Å². The summed E-state index contributed by atoms with van der Waals surface area (Å²) in [5.74, 6) is -0.855. The molecule has 0 heterocycles. The van der Waals surface area contributed by atoms with Gasteiger partial charge in [-0.1, -0.05) is 13.8 Å². The van der Waals surface area contributed by atoms with Crippen molar-refractivity contribution in [2.45, 2.75) is 19.9 Å². The van der Waals surface area contributed by atoms with Gasteiger partial charge in [0.15, 0.2) is 0 Å². The first kappa shape index (κ1) is 13.1. The molecule has 0 saturated heterocycles. The molecule has 0 spiro atoms. The van der Waals surface area contributed by atoms with Gasteiger partial charge in [0.25, 0.3) is 0 Å². The van der Waals surface area contributed by atoms with Gasteiger partial charge in [-0.25, -0.2) is 8.78 Å². The Hall–Kier alpha value is -1.00. The first-order valence-corrected chi connectivity index (χ1v) is 5.24. The molecule has 2 nitrogen and oxygen atoms in total. The highest BCUT2D eigenvalue weighted by Crippen LogP contribution is 2.33. The molecule has 0 amide bonds. The second-order valence-corrected chi connectivity index (χ2v) is 4.58. The molecule has 0 radical (unpaired) electrons. The molecule has 1 unspecified atom stereocenters. The lowest BCUT2D eigenvalue weighted by atomic mass is 9.80. The summed E-state index contributed by atoms with van der Waals surface area (Å²) < 4.78 is 26.7. The highest BCUT2D eigenvalue weighted by molar-refractivity contribution is 5.24. The number of nitrogens with one attached hydrogen (secondary N) is 1. The van der Waals surface area contributed by atoms with Gasteiger partial charge in [0.2, 0.25) is 0 Å². The van der Waals surface area contributed by atoms with Crippen molar-refractivity contribution in [3.05, 3.63) is 35.4 Å². The van der Waals surface area contributed by atoms with E-state index < -0.39 is 11.6 Å². The highest BCUT2D eigenvalue weighted by Gasteiger charge is 2.30. The van der Waals surface area contributed by atoms with Crippen molar-refractivity contribution >= 4 is 0 Å². The first-order valence-electron chi connectivity index (χ1n) is 5.24. The van der Waals surface area contributed by atoms with Crippen molar-refractivity contribution in [1.82, 2.24) is 5.32 Å². The Bertz CT molecular complexity index is 364. The van der Waals surface area contributed by atoms with Gasteiger partial charge < -0.3 is 11.1 Å². The number of hydrogen-bond donors (Lipinski definition) is 2. The predicted octanol–water partition coefficient (Wildman–Crippen LogP) is 2.21. The summed E-state index contributed by atoms with van der Waals surface area (Å²) >= 11 is 0. The zero-order valence-electron chi connectivity index (χ0n) is 9.85. The molecule has 4 heteroatoms. The molecule has 90 valence electrons. The van der Waals surface area contributed by atoms with Gasteiger partial charge in [0.1, 0.15) is 11.6 Å². The van der Waals surface area contributed by atoms with Crippen LogP contribution in [0.25, 0.3) is 0 Å². The highest BCUT2D eigenvalue weighted by atomic mass is 19.1. The monoisotopic (exact) mass is 228 g/mol. The maximum atomic E-state index is 13.6. The Labute approximate surface area is 94.8 Å². The molecule has 1 atom stereocenters. The fraction of sp³-hybridized carbons (Fsp3) is 0.500. The molecular weight excluding hydrogens is 210 g/mol. The van der Waals surface area contributed by atoms with Gasteiger partial charge in [0.05, 0.1) is 0 Å². The Morgan fingerprint density at radius 3 is 2.50 bits per heavy atom. The average Bonchev–Trinajstić information content (AvgIpc) is 2.24. The van der Waals surface area contributed by atoms with E-state index in [0.29, 0.717) is 12.1 Å². The largest absolute Gasteiger partial charge is 0.330 e. The molecule has 1 rings (SSSR count). The van der Waals surface area contributed by atoms with Crippen LogP contribution in [0.4, 0.5) is 8.78 Å². The lowest BCUT2D eigenvalue weighted by molar-refractivity contribution is 0.259. The summed E-state index contributed by atoms with van der Waals surface area (Å²) in [6.07, 6.45) is 0. The second-order valence-electron chi connectivity index (χ2n) is 4.58. The van der Waals surface area contributed by atoms with Crippen molar-refractivity contribution in [3.63, 3.8) is 0 Å². The average molecular weight is 228 g/mol. The standard InChI is InChI=1S/C12H18F2N2/c1-12(2,7-15)11(16-3)9-6-8(13)4-5-10(9)14/h4-6,11,16H,7,15H2,1-3H3. The van der Waals surface area contributed by atoms with E-state index in [1.54, 1.807) is 7.05 Å². The van der Waals surface area contributed by atoms with E-state index >= 15 is 0 Å². The number of hydrogen-bond acceptors (Lipinski definition) is 2. The first-order chi connectivity index (χ1) is 7.42. The fourth-order valence-corrected chi connectivity index (χ4v) is 1.82. The fourth-order valence-electron chi connectivity index (χ4n) is 1.82. The van der Waals surface area contributed by atoms with Crippen molar-refractivity contribution in [2.75, 3.05) is 13.6 Å². The number of nitrogens with two attached hydrogens (primary N) is 1. The molecule has 0 bridgehead atoms. The molecule has 3 N–H and O–H groups in total. The van der Waals surface area contributed by atoms with Crippen LogP contribution in [0.2, 0.25) is 0 Å². The molecule has 1 aromatic carbocycles. The van der Waals surface area contributed by atoms with Crippen molar-refractivity contribution in [2.24, 2.45) is 11.1 Å². The van der Waals surface area contributed by atoms with E-state index in [2.05, 4.69) is 5.32 Å². The lowest BCUT2D eigenvalue weighted by Crippen LogP contribution is -2.38. The van der Waals surface area contributed by atoms with Crippen LogP contribution in [0.3, 0.4) is 0 Å². The summed E-state index contributed by atoms with van der Waals surface area (Å²) in [6.45, 7) is 4.21. The number of benzene rings is 1. The molecule has 1 aromatic rings. The lowest BCUT2D eigenvalue weighted by Gasteiger charge is -2.33. The molecule has 0 aliphatic heterocycles. The van der Waals surface area contributed by atoms with E-state index in [4.69, 9.17) is 5.73 Å². The zero-order chi connectivity index (χ0) is 12.3. The summed E-state index contributed by atoms with van der Waals surface area (Å²) in [5.41, 5.74) is 5.63. The Morgan fingerprint density at radius 1 is 1.38 bits per heavy atom. The van der Waals surface area contributed by atoms with Crippen LogP contribution in [0.5, 0.6) is 0 Å². The maximum absolute atomic E-state index is 13.6. The molecule has 0 aliphatic carbocycles. The van der Waals surface area contributed by atoms with E-state index in [1.807, 2.05) is 13.8 Å². The number of halogens is 2.